The van der Waals surface area contributed by atoms with Crippen molar-refractivity contribution in [3.63, 3.8) is 0 Å². The summed E-state index contributed by atoms with van der Waals surface area (Å²) in [7, 11) is 0. The molecule has 2 aliphatic rings. The second-order valence-corrected chi connectivity index (χ2v) is 2.80. The van der Waals surface area contributed by atoms with Gasteiger partial charge in [-0.05, 0) is 6.08 Å². The molecule has 2 aliphatic heterocycles. The first kappa shape index (κ1) is 6.53. The number of rotatable bonds is 0. The number of hydrogen-bond donors (Lipinski definition) is 1. The monoisotopic (exact) mass is 149 g/mol. The van der Waals surface area contributed by atoms with Gasteiger partial charge in [-0.15, -0.1) is 0 Å². The third-order valence-electron chi connectivity index (χ3n) is 1.98. The lowest BCUT2D eigenvalue weighted by Gasteiger charge is -2.22. The van der Waals surface area contributed by atoms with Gasteiger partial charge in [0, 0.05) is 18.0 Å². The fourth-order valence-corrected chi connectivity index (χ4v) is 1.31. The van der Waals surface area contributed by atoms with Gasteiger partial charge in [-0.25, -0.2) is 0 Å². The molecule has 2 heteroatoms. The maximum absolute atomic E-state index is 5.29. The van der Waals surface area contributed by atoms with Crippen molar-refractivity contribution in [1.29, 1.82) is 0 Å². The van der Waals surface area contributed by atoms with Crippen LogP contribution >= 0.6 is 0 Å². The molecule has 1 unspecified atom stereocenters. The van der Waals surface area contributed by atoms with Crippen LogP contribution in [0.1, 0.15) is 6.92 Å². The van der Waals surface area contributed by atoms with Crippen molar-refractivity contribution >= 4 is 0 Å². The van der Waals surface area contributed by atoms with Crippen LogP contribution in [-0.2, 0) is 4.74 Å². The Hall–Kier alpha value is -1.18. The molecule has 58 valence electrons. The van der Waals surface area contributed by atoms with Crippen molar-refractivity contribution in [1.82, 2.24) is 5.32 Å². The highest BCUT2D eigenvalue weighted by Crippen LogP contribution is 2.23. The summed E-state index contributed by atoms with van der Waals surface area (Å²) in [6, 6.07) is 0. The smallest absolute Gasteiger partial charge is 0.196 e. The fourth-order valence-electron chi connectivity index (χ4n) is 1.31. The molecule has 0 spiro atoms. The molecule has 0 aromatic heterocycles. The van der Waals surface area contributed by atoms with Crippen molar-refractivity contribution in [2.45, 2.75) is 6.92 Å². The summed E-state index contributed by atoms with van der Waals surface area (Å²) >= 11 is 0. The highest BCUT2D eigenvalue weighted by Gasteiger charge is 2.16. The quantitative estimate of drug-likeness (QED) is 0.564. The van der Waals surface area contributed by atoms with Gasteiger partial charge in [-0.3, -0.25) is 0 Å². The third kappa shape index (κ3) is 1.04. The summed E-state index contributed by atoms with van der Waals surface area (Å²) in [4.78, 5) is 0. The van der Waals surface area contributed by atoms with Crippen LogP contribution in [0.15, 0.2) is 35.9 Å². The molecule has 0 saturated carbocycles. The van der Waals surface area contributed by atoms with Crippen molar-refractivity contribution in [3.05, 3.63) is 35.9 Å². The first-order chi connectivity index (χ1) is 5.38. The topological polar surface area (TPSA) is 21.3 Å². The second-order valence-electron chi connectivity index (χ2n) is 2.80. The van der Waals surface area contributed by atoms with Crippen LogP contribution in [-0.4, -0.2) is 6.54 Å². The Morgan fingerprint density at radius 2 is 2.55 bits per heavy atom. The number of hydrogen-bond acceptors (Lipinski definition) is 2. The Labute approximate surface area is 66.2 Å². The van der Waals surface area contributed by atoms with E-state index in [2.05, 4.69) is 30.5 Å². The molecular weight excluding hydrogens is 138 g/mol. The summed E-state index contributed by atoms with van der Waals surface area (Å²) in [6.45, 7) is 3.03. The molecule has 0 bridgehead atoms. The molecule has 0 saturated heterocycles. The van der Waals surface area contributed by atoms with Gasteiger partial charge in [0.25, 0.3) is 0 Å². The van der Waals surface area contributed by atoms with Gasteiger partial charge in [0.05, 0.1) is 6.26 Å². The molecule has 0 aromatic rings. The first-order valence-electron chi connectivity index (χ1n) is 3.86. The largest absolute Gasteiger partial charge is 0.449 e. The molecule has 0 aliphatic carbocycles. The van der Waals surface area contributed by atoms with E-state index in [-0.39, 0.29) is 0 Å². The van der Waals surface area contributed by atoms with E-state index in [0.717, 1.165) is 12.4 Å². The zero-order chi connectivity index (χ0) is 7.68. The van der Waals surface area contributed by atoms with Crippen LogP contribution in [0.4, 0.5) is 0 Å². The predicted octanol–water partition coefficient (Wildman–Crippen LogP) is 1.54. The average Bonchev–Trinajstić information content (AvgIpc) is 2.06. The average molecular weight is 149 g/mol. The molecular formula is C9H11NO. The minimum absolute atomic E-state index is 0.475. The van der Waals surface area contributed by atoms with Crippen molar-refractivity contribution in [3.8, 4) is 0 Å². The molecule has 0 fully saturated rings. The molecule has 0 radical (unpaired) electrons. The number of nitrogens with one attached hydrogen (secondary N) is 1. The van der Waals surface area contributed by atoms with E-state index in [4.69, 9.17) is 4.74 Å². The summed E-state index contributed by atoms with van der Waals surface area (Å²) in [6.07, 6.45) is 8.03. The van der Waals surface area contributed by atoms with E-state index in [1.54, 1.807) is 6.26 Å². The Morgan fingerprint density at radius 1 is 1.64 bits per heavy atom. The van der Waals surface area contributed by atoms with Crippen LogP contribution in [0.25, 0.3) is 0 Å². The minimum Gasteiger partial charge on any atom is -0.449 e. The first-order valence-corrected chi connectivity index (χ1v) is 3.86. The number of ether oxygens (including phenoxy) is 1. The lowest BCUT2D eigenvalue weighted by atomic mass is 9.98. The van der Waals surface area contributed by atoms with Crippen LogP contribution in [0.2, 0.25) is 0 Å². The Bertz CT molecular complexity index is 250. The number of allylic oxidation sites excluding steroid dienone is 3. The van der Waals surface area contributed by atoms with Gasteiger partial charge in [0.15, 0.2) is 5.88 Å². The molecule has 1 N–H and O–H groups in total. The summed E-state index contributed by atoms with van der Waals surface area (Å²) in [5.74, 6) is 1.39. The molecule has 0 aromatic carbocycles. The molecule has 2 heterocycles. The van der Waals surface area contributed by atoms with Crippen molar-refractivity contribution in [2.24, 2.45) is 5.92 Å². The van der Waals surface area contributed by atoms with Crippen molar-refractivity contribution < 1.29 is 4.74 Å². The lowest BCUT2D eigenvalue weighted by molar-refractivity contribution is 0.296. The van der Waals surface area contributed by atoms with E-state index < -0.39 is 0 Å². The van der Waals surface area contributed by atoms with Gasteiger partial charge in [-0.2, -0.15) is 0 Å². The normalized spacial score (nSPS) is 27.5. The van der Waals surface area contributed by atoms with Gasteiger partial charge in [0.1, 0.15) is 0 Å². The van der Waals surface area contributed by atoms with Crippen LogP contribution in [0.5, 0.6) is 0 Å². The van der Waals surface area contributed by atoms with E-state index in [1.165, 1.54) is 5.57 Å². The molecule has 2 rings (SSSR count). The molecule has 2 nitrogen and oxygen atoms in total. The van der Waals surface area contributed by atoms with Gasteiger partial charge in [-0.1, -0.05) is 19.1 Å². The van der Waals surface area contributed by atoms with Gasteiger partial charge in [0.2, 0.25) is 0 Å². The van der Waals surface area contributed by atoms with E-state index >= 15 is 0 Å². The van der Waals surface area contributed by atoms with E-state index in [0.29, 0.717) is 5.92 Å². The maximum Gasteiger partial charge on any atom is 0.196 e. The third-order valence-corrected chi connectivity index (χ3v) is 1.98. The zero-order valence-electron chi connectivity index (χ0n) is 6.50. The predicted molar refractivity (Wildman–Crippen MR) is 43.6 cm³/mol. The summed E-state index contributed by atoms with van der Waals surface area (Å²) in [5.41, 5.74) is 1.25. The Kier molecular flexibility index (Phi) is 1.46. The van der Waals surface area contributed by atoms with Crippen molar-refractivity contribution in [2.75, 3.05) is 6.54 Å². The van der Waals surface area contributed by atoms with Gasteiger partial charge < -0.3 is 10.1 Å². The van der Waals surface area contributed by atoms with E-state index in [9.17, 15) is 0 Å². The number of dihydropyridines is 1. The SMILES string of the molecule is CC1C=COC2=C1C=CCN2. The molecule has 0 amide bonds. The molecule has 11 heavy (non-hydrogen) atoms. The Morgan fingerprint density at radius 3 is 3.36 bits per heavy atom. The maximum atomic E-state index is 5.29. The summed E-state index contributed by atoms with van der Waals surface area (Å²) in [5, 5.41) is 3.17. The highest BCUT2D eigenvalue weighted by atomic mass is 16.5. The molecule has 1 atom stereocenters. The fraction of sp³-hybridized carbons (Fsp3) is 0.333. The second kappa shape index (κ2) is 2.46. The lowest BCUT2D eigenvalue weighted by Crippen LogP contribution is -2.23. The van der Waals surface area contributed by atoms with Gasteiger partial charge >= 0.3 is 0 Å². The van der Waals surface area contributed by atoms with Crippen LogP contribution in [0.3, 0.4) is 0 Å². The Balaban J connectivity index is 2.31. The zero-order valence-corrected chi connectivity index (χ0v) is 6.50. The highest BCUT2D eigenvalue weighted by molar-refractivity contribution is 5.32. The summed E-state index contributed by atoms with van der Waals surface area (Å²) < 4.78 is 5.29. The standard InChI is InChI=1S/C9H11NO/c1-7-4-6-11-9-8(7)3-2-5-10-9/h2-4,6-7,10H,5H2,1H3. The minimum atomic E-state index is 0.475. The van der Waals surface area contributed by atoms with Crippen LogP contribution < -0.4 is 5.32 Å². The van der Waals surface area contributed by atoms with Crippen LogP contribution in [0, 0.1) is 5.92 Å². The van der Waals surface area contributed by atoms with E-state index in [1.807, 2.05) is 0 Å².